The van der Waals surface area contributed by atoms with Crippen molar-refractivity contribution in [3.8, 4) is 11.6 Å². The number of ether oxygens (including phenoxy) is 3. The minimum absolute atomic E-state index is 0.00795. The van der Waals surface area contributed by atoms with Crippen LogP contribution in [0, 0.1) is 17.7 Å². The van der Waals surface area contributed by atoms with Crippen molar-refractivity contribution in [2.24, 2.45) is 11.8 Å². The van der Waals surface area contributed by atoms with Gasteiger partial charge in [-0.15, -0.1) is 0 Å². The van der Waals surface area contributed by atoms with Gasteiger partial charge < -0.3 is 33.2 Å². The molecule has 0 radical (unpaired) electrons. The van der Waals surface area contributed by atoms with E-state index in [1.54, 1.807) is 20.8 Å². The standard InChI is InChI=1S/C52H65FN4O9Si/c1-13-56(10)41-34-27-32-26-33-37(44(62-28-30-20-16-14-17-21-30)42-38(40(33)53)35(55(8)9)24-25-57(42)49(61)64-50(2,3)4)43(58)36(32)46(59)52(34,66-67(11,12)51(5,6)7)47(60)39-45(41)65-54-48(39)63-29-31-22-18-15-19-23-31/h14-23,32,34-35,41,59H,13,24-29H2,1-12H3/t32-,34-,35?,41-,52-/m0/s1. The zero-order chi connectivity index (χ0) is 48.5. The summed E-state index contributed by atoms with van der Waals surface area (Å²) in [4.78, 5) is 51.3. The maximum absolute atomic E-state index is 18.1. The molecule has 4 aromatic rings. The number of carbonyl (C=O) groups excluding carboxylic acids is 3. The third kappa shape index (κ3) is 8.29. The maximum Gasteiger partial charge on any atom is 0.414 e. The fraction of sp³-hybridized carbons (Fsp3) is 0.500. The first kappa shape index (κ1) is 48.1. The molecule has 0 bridgehead atoms. The van der Waals surface area contributed by atoms with Gasteiger partial charge in [-0.2, -0.15) is 0 Å². The van der Waals surface area contributed by atoms with Crippen LogP contribution in [0.2, 0.25) is 18.1 Å². The van der Waals surface area contributed by atoms with Crippen molar-refractivity contribution in [2.45, 2.75) is 122 Å². The second kappa shape index (κ2) is 17.6. The van der Waals surface area contributed by atoms with Crippen LogP contribution < -0.4 is 14.4 Å². The molecular weight excluding hydrogens is 872 g/mol. The number of hydrogen-bond acceptors (Lipinski definition) is 12. The van der Waals surface area contributed by atoms with Gasteiger partial charge >= 0.3 is 6.09 Å². The number of aliphatic hydroxyl groups excluding tert-OH is 1. The molecule has 1 aliphatic heterocycles. The van der Waals surface area contributed by atoms with E-state index in [1.807, 2.05) is 132 Å². The SMILES string of the molecule is CCN(C)[C@@H]1c2onc(OCc3ccccc3)c2C(=O)[C@@]2(O[Si](C)(C)C(C)(C)C)C(O)=C3C(=O)c4c(c(F)c5c(c4OCc4ccccc4)N(C(=O)OC(C)(C)C)CCC5N(C)C)C[C@H]3C[C@@H]12. The van der Waals surface area contributed by atoms with Crippen molar-refractivity contribution in [3.63, 3.8) is 0 Å². The number of ketones is 2. The summed E-state index contributed by atoms with van der Waals surface area (Å²) in [5.41, 5.74) is -1.03. The number of carbonyl (C=O) groups is 3. The predicted octanol–water partition coefficient (Wildman–Crippen LogP) is 10.6. The fourth-order valence-electron chi connectivity index (χ4n) is 10.1. The van der Waals surface area contributed by atoms with Crippen molar-refractivity contribution in [1.29, 1.82) is 0 Å². The van der Waals surface area contributed by atoms with Crippen LogP contribution >= 0.6 is 0 Å². The summed E-state index contributed by atoms with van der Waals surface area (Å²) >= 11 is 0. The van der Waals surface area contributed by atoms with Gasteiger partial charge in [0.25, 0.3) is 5.88 Å². The third-order valence-electron chi connectivity index (χ3n) is 14.5. The number of hydrogen-bond donors (Lipinski definition) is 1. The number of nitrogens with zero attached hydrogens (tertiary/aromatic N) is 4. The molecule has 4 aliphatic rings. The van der Waals surface area contributed by atoms with Crippen LogP contribution in [0.15, 0.2) is 76.5 Å². The number of rotatable bonds is 11. The van der Waals surface area contributed by atoms with E-state index < -0.39 is 77.7 Å². The Labute approximate surface area is 394 Å². The number of amides is 1. The molecule has 15 heteroatoms. The zero-order valence-corrected chi connectivity index (χ0v) is 41.9. The Kier molecular flexibility index (Phi) is 12.7. The van der Waals surface area contributed by atoms with E-state index in [4.69, 9.17) is 23.2 Å². The molecule has 2 heterocycles. The van der Waals surface area contributed by atoms with Gasteiger partial charge in [-0.05, 0) is 108 Å². The normalized spacial score (nSPS) is 22.8. The largest absolute Gasteiger partial charge is 0.508 e. The molecule has 0 saturated carbocycles. The average Bonchev–Trinajstić information content (AvgIpc) is 3.69. The second-order valence-electron chi connectivity index (χ2n) is 21.2. The highest BCUT2D eigenvalue weighted by Crippen LogP contribution is 2.61. The molecule has 3 aromatic carbocycles. The molecule has 3 aliphatic carbocycles. The van der Waals surface area contributed by atoms with Gasteiger partial charge in [0.2, 0.25) is 5.78 Å². The van der Waals surface area contributed by atoms with E-state index in [2.05, 4.69) is 5.16 Å². The van der Waals surface area contributed by atoms with Crippen LogP contribution in [0.1, 0.15) is 122 Å². The van der Waals surface area contributed by atoms with Crippen molar-refractivity contribution in [2.75, 3.05) is 39.1 Å². The lowest BCUT2D eigenvalue weighted by Crippen LogP contribution is -2.65. The van der Waals surface area contributed by atoms with E-state index in [0.29, 0.717) is 13.0 Å². The highest BCUT2D eigenvalue weighted by atomic mass is 28.4. The molecule has 13 nitrogen and oxygen atoms in total. The maximum atomic E-state index is 18.1. The molecule has 8 rings (SSSR count). The number of allylic oxidation sites excluding steroid dienone is 1. The molecule has 5 atom stereocenters. The van der Waals surface area contributed by atoms with Gasteiger partial charge in [-0.1, -0.05) is 88.4 Å². The van der Waals surface area contributed by atoms with Gasteiger partial charge in [0, 0.05) is 35.2 Å². The van der Waals surface area contributed by atoms with Crippen LogP contribution in [0.4, 0.5) is 14.9 Å². The monoisotopic (exact) mass is 936 g/mol. The van der Waals surface area contributed by atoms with Crippen LogP contribution in [-0.4, -0.2) is 91.5 Å². The minimum atomic E-state index is -3.04. The topological polar surface area (TPSA) is 144 Å². The quantitative estimate of drug-likeness (QED) is 0.143. The van der Waals surface area contributed by atoms with Crippen molar-refractivity contribution < 1.29 is 47.0 Å². The Morgan fingerprint density at radius 1 is 0.955 bits per heavy atom. The van der Waals surface area contributed by atoms with Gasteiger partial charge in [0.1, 0.15) is 36.0 Å². The Morgan fingerprint density at radius 3 is 2.13 bits per heavy atom. The van der Waals surface area contributed by atoms with Gasteiger partial charge in [0.05, 0.1) is 17.3 Å². The minimum Gasteiger partial charge on any atom is -0.508 e. The predicted molar refractivity (Wildman–Crippen MR) is 255 cm³/mol. The smallest absolute Gasteiger partial charge is 0.414 e. The molecule has 1 N–H and O–H groups in total. The average molecular weight is 937 g/mol. The summed E-state index contributed by atoms with van der Waals surface area (Å²) in [5.74, 6) is -3.77. The fourth-order valence-corrected chi connectivity index (χ4v) is 11.6. The van der Waals surface area contributed by atoms with Crippen molar-refractivity contribution >= 4 is 31.7 Å². The highest BCUT2D eigenvalue weighted by molar-refractivity contribution is 6.74. The number of fused-ring (bicyclic) bond motifs is 5. The lowest BCUT2D eigenvalue weighted by molar-refractivity contribution is -0.0511. The third-order valence-corrected chi connectivity index (χ3v) is 19.0. The van der Waals surface area contributed by atoms with Crippen LogP contribution in [0.3, 0.4) is 0 Å². The van der Waals surface area contributed by atoms with Gasteiger partial charge in [-0.25, -0.2) is 9.18 Å². The highest BCUT2D eigenvalue weighted by Gasteiger charge is 2.67. The van der Waals surface area contributed by atoms with Crippen LogP contribution in [0.5, 0.6) is 11.6 Å². The summed E-state index contributed by atoms with van der Waals surface area (Å²) in [5, 5.41) is 17.2. The summed E-state index contributed by atoms with van der Waals surface area (Å²) < 4.78 is 50.5. The van der Waals surface area contributed by atoms with Crippen LogP contribution in [-0.2, 0) is 28.8 Å². The molecule has 67 heavy (non-hydrogen) atoms. The number of benzene rings is 3. The molecular formula is C52H65FN4O9Si. The molecule has 1 aromatic heterocycles. The summed E-state index contributed by atoms with van der Waals surface area (Å²) in [6.07, 6.45) is -0.186. The lowest BCUT2D eigenvalue weighted by Gasteiger charge is -2.55. The molecule has 0 fully saturated rings. The summed E-state index contributed by atoms with van der Waals surface area (Å²) in [6.45, 7) is 18.1. The van der Waals surface area contributed by atoms with E-state index in [9.17, 15) is 9.90 Å². The number of aromatic nitrogens is 1. The van der Waals surface area contributed by atoms with Crippen LogP contribution in [0.25, 0.3) is 0 Å². The zero-order valence-electron chi connectivity index (χ0n) is 40.9. The van der Waals surface area contributed by atoms with E-state index in [1.165, 1.54) is 4.90 Å². The Balaban J connectivity index is 1.38. The van der Waals surface area contributed by atoms with E-state index in [0.717, 1.165) is 11.1 Å². The number of Topliss-reactive ketones (excluding diaryl/α,β-unsaturated/α-hetero) is 2. The van der Waals surface area contributed by atoms with E-state index in [-0.39, 0.29) is 83.5 Å². The molecule has 0 saturated heterocycles. The number of aliphatic hydroxyl groups is 1. The van der Waals surface area contributed by atoms with Crippen molar-refractivity contribution in [3.05, 3.63) is 117 Å². The van der Waals surface area contributed by atoms with Gasteiger partial charge in [-0.3, -0.25) is 19.4 Å². The number of halogens is 1. The Bertz CT molecular complexity index is 2600. The Morgan fingerprint density at radius 2 is 1.57 bits per heavy atom. The summed E-state index contributed by atoms with van der Waals surface area (Å²) in [6, 6.07) is 17.7. The molecule has 1 amide bonds. The first-order chi connectivity index (χ1) is 31.5. The summed E-state index contributed by atoms with van der Waals surface area (Å²) in [7, 11) is 2.58. The lowest BCUT2D eigenvalue weighted by atomic mass is 9.58. The molecule has 0 spiro atoms. The molecule has 358 valence electrons. The first-order valence-electron chi connectivity index (χ1n) is 23.3. The van der Waals surface area contributed by atoms with Gasteiger partial charge in [0.15, 0.2) is 31.2 Å². The van der Waals surface area contributed by atoms with Crippen molar-refractivity contribution in [1.82, 2.24) is 15.0 Å². The number of anilines is 1. The first-order valence-corrected chi connectivity index (χ1v) is 26.2. The van der Waals surface area contributed by atoms with E-state index >= 15 is 14.0 Å². The Hall–Kier alpha value is -5.35. The second-order valence-corrected chi connectivity index (χ2v) is 25.9. The molecule has 1 unspecified atom stereocenters.